The van der Waals surface area contributed by atoms with Gasteiger partial charge in [-0.05, 0) is 19.1 Å². The van der Waals surface area contributed by atoms with Gasteiger partial charge in [0.2, 0.25) is 0 Å². The lowest BCUT2D eigenvalue weighted by Gasteiger charge is -2.09. The minimum atomic E-state index is -0.200. The topological polar surface area (TPSA) is 37.4 Å². The predicted molar refractivity (Wildman–Crippen MR) is 56.6 cm³/mol. The molecule has 76 valence electrons. The number of rotatable bonds is 2. The third-order valence-electron chi connectivity index (χ3n) is 2.40. The van der Waals surface area contributed by atoms with Crippen LogP contribution in [0.1, 0.15) is 27.6 Å². The van der Waals surface area contributed by atoms with Crippen LogP contribution in [0.2, 0.25) is 0 Å². The fraction of sp³-hybridized carbons (Fsp3) is 0.167. The normalized spacial score (nSPS) is 15.1. The molecule has 0 N–H and O–H groups in total. The molecule has 3 nitrogen and oxygen atoms in total. The van der Waals surface area contributed by atoms with Crippen molar-refractivity contribution in [2.45, 2.75) is 6.92 Å². The van der Waals surface area contributed by atoms with Crippen LogP contribution in [0.4, 0.5) is 0 Å². The van der Waals surface area contributed by atoms with Crippen LogP contribution in [0.5, 0.6) is 0 Å². The summed E-state index contributed by atoms with van der Waals surface area (Å²) in [5.74, 6) is -0.401. The Morgan fingerprint density at radius 1 is 1.13 bits per heavy atom. The highest BCUT2D eigenvalue weighted by Gasteiger charge is 2.33. The van der Waals surface area contributed by atoms with Gasteiger partial charge in [-0.25, -0.2) is 0 Å². The van der Waals surface area contributed by atoms with Crippen LogP contribution in [-0.2, 0) is 0 Å². The average molecular weight is 201 g/mol. The molecule has 0 fully saturated rings. The first-order valence-electron chi connectivity index (χ1n) is 4.82. The number of fused-ring (bicyclic) bond motifs is 1. The monoisotopic (exact) mass is 201 g/mol. The second-order valence-electron chi connectivity index (χ2n) is 3.34. The van der Waals surface area contributed by atoms with Crippen LogP contribution in [0.15, 0.2) is 36.4 Å². The highest BCUT2D eigenvalue weighted by atomic mass is 16.2. The van der Waals surface area contributed by atoms with Gasteiger partial charge in [-0.2, -0.15) is 0 Å². The van der Waals surface area contributed by atoms with E-state index < -0.39 is 0 Å². The van der Waals surface area contributed by atoms with Gasteiger partial charge in [0.1, 0.15) is 0 Å². The average Bonchev–Trinajstić information content (AvgIpc) is 2.51. The summed E-state index contributed by atoms with van der Waals surface area (Å²) in [6, 6.07) is 6.91. The fourth-order valence-corrected chi connectivity index (χ4v) is 1.62. The first-order chi connectivity index (χ1) is 7.25. The van der Waals surface area contributed by atoms with Crippen molar-refractivity contribution in [1.82, 2.24) is 4.90 Å². The number of allylic oxidation sites excluding steroid dienone is 1. The van der Waals surface area contributed by atoms with Gasteiger partial charge in [0.25, 0.3) is 11.8 Å². The van der Waals surface area contributed by atoms with E-state index >= 15 is 0 Å². The minimum absolute atomic E-state index is 0.200. The molecule has 0 spiro atoms. The molecule has 0 atom stereocenters. The van der Waals surface area contributed by atoms with Gasteiger partial charge in [-0.15, -0.1) is 0 Å². The third-order valence-corrected chi connectivity index (χ3v) is 2.40. The van der Waals surface area contributed by atoms with Gasteiger partial charge in [-0.3, -0.25) is 14.5 Å². The number of benzene rings is 1. The smallest absolute Gasteiger partial charge is 0.261 e. The van der Waals surface area contributed by atoms with Crippen LogP contribution >= 0.6 is 0 Å². The highest BCUT2D eigenvalue weighted by Crippen LogP contribution is 2.21. The van der Waals surface area contributed by atoms with E-state index in [2.05, 4.69) is 0 Å². The minimum Gasteiger partial charge on any atom is -0.270 e. The summed E-state index contributed by atoms with van der Waals surface area (Å²) in [7, 11) is 0. The van der Waals surface area contributed by atoms with E-state index in [1.807, 2.05) is 13.0 Å². The molecule has 0 aliphatic carbocycles. The van der Waals surface area contributed by atoms with Gasteiger partial charge < -0.3 is 0 Å². The van der Waals surface area contributed by atoms with Crippen molar-refractivity contribution >= 4 is 11.8 Å². The summed E-state index contributed by atoms with van der Waals surface area (Å²) in [4.78, 5) is 24.8. The molecule has 2 amide bonds. The Balaban J connectivity index is 2.37. The van der Waals surface area contributed by atoms with Gasteiger partial charge in [0, 0.05) is 6.54 Å². The molecule has 1 aliphatic rings. The maximum absolute atomic E-state index is 11.8. The van der Waals surface area contributed by atoms with E-state index in [0.29, 0.717) is 17.7 Å². The molecule has 1 heterocycles. The molecule has 1 aliphatic heterocycles. The molecule has 0 bridgehead atoms. The number of amides is 2. The summed E-state index contributed by atoms with van der Waals surface area (Å²) >= 11 is 0. The van der Waals surface area contributed by atoms with Crippen molar-refractivity contribution in [1.29, 1.82) is 0 Å². The predicted octanol–water partition coefficient (Wildman–Crippen LogP) is 1.86. The second kappa shape index (κ2) is 3.69. The molecule has 1 aromatic carbocycles. The van der Waals surface area contributed by atoms with E-state index in [0.717, 1.165) is 0 Å². The Morgan fingerprint density at radius 3 is 2.13 bits per heavy atom. The summed E-state index contributed by atoms with van der Waals surface area (Å²) in [5, 5.41) is 0. The maximum atomic E-state index is 11.8. The van der Waals surface area contributed by atoms with Crippen molar-refractivity contribution in [3.63, 3.8) is 0 Å². The molecule has 0 saturated heterocycles. The van der Waals surface area contributed by atoms with Crippen LogP contribution in [0.3, 0.4) is 0 Å². The Morgan fingerprint density at radius 2 is 1.67 bits per heavy atom. The summed E-state index contributed by atoms with van der Waals surface area (Å²) in [6.45, 7) is 2.21. The number of carbonyl (C=O) groups excluding carboxylic acids is 2. The molecule has 0 radical (unpaired) electrons. The van der Waals surface area contributed by atoms with Crippen molar-refractivity contribution < 1.29 is 9.59 Å². The molecular formula is C12H11NO2. The lowest BCUT2D eigenvalue weighted by Crippen LogP contribution is -2.29. The highest BCUT2D eigenvalue weighted by molar-refractivity contribution is 6.21. The van der Waals surface area contributed by atoms with E-state index in [-0.39, 0.29) is 11.8 Å². The number of carbonyl (C=O) groups is 2. The molecular weight excluding hydrogens is 190 g/mol. The van der Waals surface area contributed by atoms with Crippen LogP contribution in [0.25, 0.3) is 0 Å². The number of hydrogen-bond donors (Lipinski definition) is 0. The molecule has 15 heavy (non-hydrogen) atoms. The zero-order valence-corrected chi connectivity index (χ0v) is 8.43. The van der Waals surface area contributed by atoms with Gasteiger partial charge in [-0.1, -0.05) is 24.3 Å². The fourth-order valence-electron chi connectivity index (χ4n) is 1.62. The van der Waals surface area contributed by atoms with Crippen molar-refractivity contribution in [2.75, 3.05) is 6.54 Å². The van der Waals surface area contributed by atoms with Gasteiger partial charge in [0.15, 0.2) is 0 Å². The summed E-state index contributed by atoms with van der Waals surface area (Å²) in [5.41, 5.74) is 1.01. The first-order valence-corrected chi connectivity index (χ1v) is 4.82. The molecule has 0 saturated carbocycles. The zero-order chi connectivity index (χ0) is 10.8. The lowest BCUT2D eigenvalue weighted by molar-refractivity contribution is 0.0672. The Kier molecular flexibility index (Phi) is 2.37. The summed E-state index contributed by atoms with van der Waals surface area (Å²) in [6.07, 6.45) is 3.62. The van der Waals surface area contributed by atoms with Crippen LogP contribution < -0.4 is 0 Å². The molecule has 3 heteroatoms. The standard InChI is InChI=1S/C12H11NO2/c1-2-3-8-13-11(14)9-6-4-5-7-10(9)12(13)15/h2-7H,8H2,1H3. The first kappa shape index (κ1) is 9.65. The van der Waals surface area contributed by atoms with Crippen molar-refractivity contribution in [3.8, 4) is 0 Å². The zero-order valence-electron chi connectivity index (χ0n) is 8.43. The van der Waals surface area contributed by atoms with E-state index in [9.17, 15) is 9.59 Å². The molecule has 0 aromatic heterocycles. The molecule has 1 aromatic rings. The Hall–Kier alpha value is -1.90. The maximum Gasteiger partial charge on any atom is 0.261 e. The van der Waals surface area contributed by atoms with Crippen LogP contribution in [-0.4, -0.2) is 23.3 Å². The van der Waals surface area contributed by atoms with Crippen molar-refractivity contribution in [3.05, 3.63) is 47.5 Å². The Bertz CT molecular complexity index is 414. The number of imide groups is 1. The summed E-state index contributed by atoms with van der Waals surface area (Å²) < 4.78 is 0. The Labute approximate surface area is 88.0 Å². The second-order valence-corrected chi connectivity index (χ2v) is 3.34. The SMILES string of the molecule is CC=CCN1C(=O)c2ccccc2C1=O. The van der Waals surface area contributed by atoms with E-state index in [4.69, 9.17) is 0 Å². The lowest BCUT2D eigenvalue weighted by atomic mass is 10.1. The quantitative estimate of drug-likeness (QED) is 0.541. The van der Waals surface area contributed by atoms with E-state index in [1.54, 1.807) is 30.3 Å². The van der Waals surface area contributed by atoms with Gasteiger partial charge >= 0.3 is 0 Å². The molecule has 0 unspecified atom stereocenters. The van der Waals surface area contributed by atoms with Crippen LogP contribution in [0, 0.1) is 0 Å². The number of hydrogen-bond acceptors (Lipinski definition) is 2. The largest absolute Gasteiger partial charge is 0.270 e. The van der Waals surface area contributed by atoms with E-state index in [1.165, 1.54) is 4.90 Å². The third kappa shape index (κ3) is 1.46. The van der Waals surface area contributed by atoms with Crippen molar-refractivity contribution in [2.24, 2.45) is 0 Å². The number of nitrogens with zero attached hydrogens (tertiary/aromatic N) is 1. The van der Waals surface area contributed by atoms with Gasteiger partial charge in [0.05, 0.1) is 11.1 Å². The molecule has 2 rings (SSSR count).